The number of anilines is 2. The topological polar surface area (TPSA) is 125 Å². The number of nitrogens with one attached hydrogen (secondary N) is 4. The molecule has 4 unspecified atom stereocenters. The zero-order valence-electron chi connectivity index (χ0n) is 20.1. The lowest BCUT2D eigenvalue weighted by Crippen LogP contribution is -2.61. The Bertz CT molecular complexity index is 1220. The van der Waals surface area contributed by atoms with Crippen molar-refractivity contribution in [2.75, 3.05) is 31.0 Å². The van der Waals surface area contributed by atoms with Gasteiger partial charge in [0.15, 0.2) is 9.84 Å². The van der Waals surface area contributed by atoms with Gasteiger partial charge >= 0.3 is 0 Å². The number of piperidine rings is 1. The summed E-state index contributed by atoms with van der Waals surface area (Å²) in [4.78, 5) is 17.7. The highest BCUT2D eigenvalue weighted by Gasteiger charge is 2.48. The van der Waals surface area contributed by atoms with Crippen LogP contribution in [-0.4, -0.2) is 63.1 Å². The summed E-state index contributed by atoms with van der Waals surface area (Å²) in [5, 5.41) is 11.8. The van der Waals surface area contributed by atoms with Crippen LogP contribution in [-0.2, 0) is 26.0 Å². The predicted molar refractivity (Wildman–Crippen MR) is 132 cm³/mol. The van der Waals surface area contributed by atoms with Crippen molar-refractivity contribution in [1.29, 1.82) is 0 Å². The Kier molecular flexibility index (Phi) is 6.43. The van der Waals surface area contributed by atoms with Gasteiger partial charge in [0, 0.05) is 39.1 Å². The van der Waals surface area contributed by atoms with E-state index in [-0.39, 0.29) is 29.2 Å². The maximum absolute atomic E-state index is 13.0. The summed E-state index contributed by atoms with van der Waals surface area (Å²) in [5.41, 5.74) is 5.76. The fraction of sp³-hybridized carbons (Fsp3) is 0.500. The van der Waals surface area contributed by atoms with Crippen molar-refractivity contribution in [3.8, 4) is 0 Å². The largest absolute Gasteiger partial charge is 0.380 e. The Labute approximate surface area is 205 Å². The van der Waals surface area contributed by atoms with Gasteiger partial charge in [-0.1, -0.05) is 6.07 Å². The third-order valence-electron chi connectivity index (χ3n) is 6.86. The normalized spacial score (nSPS) is 26.5. The number of carbonyl (C=O) groups is 1. The molecule has 1 aliphatic carbocycles. The van der Waals surface area contributed by atoms with Crippen LogP contribution in [0.3, 0.4) is 0 Å². The van der Waals surface area contributed by atoms with Crippen LogP contribution in [0.25, 0.3) is 0 Å². The summed E-state index contributed by atoms with van der Waals surface area (Å²) in [5.74, 6) is 0.685. The van der Waals surface area contributed by atoms with Crippen LogP contribution in [0, 0.1) is 5.92 Å². The van der Waals surface area contributed by atoms with Crippen LogP contribution < -0.4 is 21.4 Å². The van der Waals surface area contributed by atoms with Crippen molar-refractivity contribution in [3.63, 3.8) is 0 Å². The molecule has 3 heterocycles. The van der Waals surface area contributed by atoms with Crippen LogP contribution >= 0.6 is 0 Å². The number of pyridine rings is 1. The van der Waals surface area contributed by atoms with Crippen LogP contribution in [0.5, 0.6) is 0 Å². The number of ether oxygens (including phenoxy) is 1. The highest BCUT2D eigenvalue weighted by Crippen LogP contribution is 2.42. The monoisotopic (exact) mass is 500 g/mol. The summed E-state index contributed by atoms with van der Waals surface area (Å²) < 4.78 is 30.5. The number of rotatable bonds is 8. The molecule has 0 radical (unpaired) electrons. The van der Waals surface area contributed by atoms with Gasteiger partial charge in [0.05, 0.1) is 35.4 Å². The third-order valence-corrected chi connectivity index (χ3v) is 8.00. The molecule has 11 heteroatoms. The van der Waals surface area contributed by atoms with Gasteiger partial charge < -0.3 is 15.4 Å². The lowest BCUT2D eigenvalue weighted by Gasteiger charge is -2.39. The van der Waals surface area contributed by atoms with Gasteiger partial charge in [-0.2, -0.15) is 0 Å². The van der Waals surface area contributed by atoms with Gasteiger partial charge in [0.2, 0.25) is 5.91 Å². The molecule has 2 saturated heterocycles. The van der Waals surface area contributed by atoms with Crippen LogP contribution in [0.2, 0.25) is 0 Å². The Hall–Kier alpha value is -2.73. The fourth-order valence-corrected chi connectivity index (χ4v) is 5.90. The van der Waals surface area contributed by atoms with Crippen molar-refractivity contribution in [2.45, 2.75) is 55.1 Å². The van der Waals surface area contributed by atoms with E-state index in [2.05, 4.69) is 26.4 Å². The first-order valence-corrected chi connectivity index (χ1v) is 13.7. The molecule has 2 aliphatic heterocycles. The quantitative estimate of drug-likeness (QED) is 0.428. The first-order chi connectivity index (χ1) is 16.7. The molecule has 10 nitrogen and oxygen atoms in total. The van der Waals surface area contributed by atoms with E-state index < -0.39 is 15.8 Å². The van der Waals surface area contributed by atoms with Crippen molar-refractivity contribution >= 4 is 27.2 Å². The van der Waals surface area contributed by atoms with E-state index in [1.165, 1.54) is 11.3 Å². The molecule has 0 bridgehead atoms. The number of fused-ring (bicyclic) bond motifs is 1. The second-order valence-electron chi connectivity index (χ2n) is 9.66. The molecule has 1 aromatic carbocycles. The molecule has 4 atom stereocenters. The number of nitrogens with zero attached hydrogens (tertiary/aromatic N) is 2. The molecule has 0 spiro atoms. The van der Waals surface area contributed by atoms with E-state index in [9.17, 15) is 13.2 Å². The molecule has 3 aliphatic rings. The van der Waals surface area contributed by atoms with E-state index in [1.54, 1.807) is 26.4 Å². The molecule has 1 saturated carbocycles. The molecular formula is C24H32N6O4S. The van der Waals surface area contributed by atoms with Crippen LogP contribution in [0.1, 0.15) is 36.3 Å². The number of hydrogen-bond donors (Lipinski definition) is 4. The lowest BCUT2D eigenvalue weighted by molar-refractivity contribution is -0.131. The highest BCUT2D eigenvalue weighted by atomic mass is 32.2. The predicted octanol–water partition coefficient (Wildman–Crippen LogP) is 1.64. The van der Waals surface area contributed by atoms with Gasteiger partial charge in [0.25, 0.3) is 0 Å². The highest BCUT2D eigenvalue weighted by molar-refractivity contribution is 7.90. The Balaban J connectivity index is 1.41. The SMILES string of the molecule is COCc1ccnc(NC2CC(Nc3ccc(C4CC4)cc3S(C)(=O)=O)C3C(=O)N(C)NC3N2)c1. The molecular weight excluding hydrogens is 468 g/mol. The first-order valence-electron chi connectivity index (χ1n) is 11.8. The Morgan fingerprint density at radius 2 is 2.00 bits per heavy atom. The molecule has 1 aromatic heterocycles. The number of sulfone groups is 1. The van der Waals surface area contributed by atoms with Gasteiger partial charge in [0.1, 0.15) is 5.82 Å². The summed E-state index contributed by atoms with van der Waals surface area (Å²) in [6, 6.07) is 9.14. The summed E-state index contributed by atoms with van der Waals surface area (Å²) in [6.07, 6.45) is 5.15. The molecule has 4 N–H and O–H groups in total. The zero-order valence-corrected chi connectivity index (χ0v) is 20.9. The maximum Gasteiger partial charge on any atom is 0.244 e. The van der Waals surface area contributed by atoms with E-state index in [0.717, 1.165) is 24.0 Å². The second kappa shape index (κ2) is 9.38. The minimum Gasteiger partial charge on any atom is -0.380 e. The molecule has 3 fully saturated rings. The average Bonchev–Trinajstić information content (AvgIpc) is 3.60. The third kappa shape index (κ3) is 5.13. The number of aromatic nitrogens is 1. The zero-order chi connectivity index (χ0) is 24.7. The van der Waals surface area contributed by atoms with Crippen LogP contribution in [0.15, 0.2) is 41.4 Å². The molecule has 2 aromatic rings. The minimum absolute atomic E-state index is 0.0471. The number of carbonyl (C=O) groups excluding carboxylic acids is 1. The Morgan fingerprint density at radius 3 is 2.71 bits per heavy atom. The number of hydrogen-bond acceptors (Lipinski definition) is 9. The van der Waals surface area contributed by atoms with E-state index in [0.29, 0.717) is 30.5 Å². The second-order valence-corrected chi connectivity index (χ2v) is 11.6. The molecule has 5 rings (SSSR count). The molecule has 1 amide bonds. The fourth-order valence-electron chi connectivity index (χ4n) is 5.02. The minimum atomic E-state index is -3.46. The number of methoxy groups -OCH3 is 1. The lowest BCUT2D eigenvalue weighted by atomic mass is 9.88. The molecule has 188 valence electrons. The summed E-state index contributed by atoms with van der Waals surface area (Å²) in [7, 11) is -0.113. The van der Waals surface area contributed by atoms with Crippen molar-refractivity contribution in [2.24, 2.45) is 5.92 Å². The van der Waals surface area contributed by atoms with Crippen molar-refractivity contribution in [1.82, 2.24) is 20.7 Å². The number of benzene rings is 1. The van der Waals surface area contributed by atoms with Crippen LogP contribution in [0.4, 0.5) is 11.5 Å². The van der Waals surface area contributed by atoms with Crippen molar-refractivity contribution in [3.05, 3.63) is 47.7 Å². The molecule has 35 heavy (non-hydrogen) atoms. The summed E-state index contributed by atoms with van der Waals surface area (Å²) >= 11 is 0. The van der Waals surface area contributed by atoms with E-state index in [4.69, 9.17) is 4.74 Å². The number of amides is 1. The smallest absolute Gasteiger partial charge is 0.244 e. The maximum atomic E-state index is 13.0. The van der Waals surface area contributed by atoms with Gasteiger partial charge in [-0.15, -0.1) is 0 Å². The summed E-state index contributed by atoms with van der Waals surface area (Å²) in [6.45, 7) is 0.482. The average molecular weight is 501 g/mol. The van der Waals surface area contributed by atoms with Gasteiger partial charge in [-0.25, -0.2) is 18.8 Å². The van der Waals surface area contributed by atoms with Gasteiger partial charge in [-0.05, 0) is 54.2 Å². The number of hydrazine groups is 1. The van der Waals surface area contributed by atoms with Crippen molar-refractivity contribution < 1.29 is 17.9 Å². The van der Waals surface area contributed by atoms with E-state index in [1.807, 2.05) is 24.3 Å². The standard InChI is InChI=1S/C24H32N6O4S/c1-30-24(31)22-18(26-17-7-6-16(15-4-5-15)11-19(17)35(3,32)33)12-21(28-23(22)29-30)27-20-10-14(13-34-2)8-9-25-20/h6-11,15,18,21-23,26,28-29H,4-5,12-13H2,1-3H3,(H,25,27). The first kappa shape index (κ1) is 24.0. The van der Waals surface area contributed by atoms with Gasteiger partial charge in [-0.3, -0.25) is 15.1 Å². The Morgan fingerprint density at radius 1 is 1.20 bits per heavy atom. The van der Waals surface area contributed by atoms with E-state index >= 15 is 0 Å².